The highest BCUT2D eigenvalue weighted by atomic mass is 31.3. The van der Waals surface area contributed by atoms with Gasteiger partial charge in [-0.15, -0.1) is 0 Å². The third kappa shape index (κ3) is 11.1. The predicted molar refractivity (Wildman–Crippen MR) is 259 cm³/mol. The zero-order chi connectivity index (χ0) is 46.0. The van der Waals surface area contributed by atoms with Crippen molar-refractivity contribution in [1.29, 1.82) is 0 Å². The first kappa shape index (κ1) is 44.7. The van der Waals surface area contributed by atoms with Crippen LogP contribution in [0.5, 0.6) is 63.2 Å². The molecule has 9 rings (SSSR count). The molecule has 1 aliphatic heterocycles. The van der Waals surface area contributed by atoms with E-state index in [-0.39, 0.29) is 63.2 Å². The van der Waals surface area contributed by atoms with E-state index in [1.54, 1.807) is 176 Å². The Bertz CT molecular complexity index is 3050. The van der Waals surface area contributed by atoms with E-state index >= 15 is 0 Å². The van der Waals surface area contributed by atoms with Gasteiger partial charge in [0.25, 0.3) is 0 Å². The Morgan fingerprint density at radius 1 is 0.224 bits per heavy atom. The van der Waals surface area contributed by atoms with Crippen LogP contribution in [0.2, 0.25) is 0 Å². The lowest BCUT2D eigenvalue weighted by atomic mass is 10.3. The van der Waals surface area contributed by atoms with Crippen LogP contribution in [-0.2, 0) is 0 Å². The molecule has 1 heterocycles. The number of phenolic OH excluding ortho intramolecular Hbond substituents is 3. The number of hydrogen-bond acceptors (Lipinski definition) is 15. The number of hydrogen-bond donors (Lipinski definition) is 3. The van der Waals surface area contributed by atoms with E-state index < -0.39 is 30.6 Å². The summed E-state index contributed by atoms with van der Waals surface area (Å²) in [6.07, 6.45) is 0. The van der Waals surface area contributed by atoms with Crippen molar-refractivity contribution in [2.24, 2.45) is 18.1 Å². The summed E-state index contributed by atoms with van der Waals surface area (Å²) in [6, 6.07) is 61.5. The molecule has 0 saturated carbocycles. The minimum absolute atomic E-state index is 0.136. The smallest absolute Gasteiger partial charge is 0.461 e. The SMILES string of the molecule is Oc1ccccc1OP1(Oc2ccccc2)=NP(Oc2ccccc2)(Oc2ccccc2)=NP(Oc2ccccc2)(Oc2ccccc2)=NP(Oc2ccccc2O)(Oc2ccccc2O)=N1. The minimum Gasteiger partial charge on any atom is -0.504 e. The second-order valence-corrected chi connectivity index (χ2v) is 22.3. The Kier molecular flexibility index (Phi) is 13.3. The highest BCUT2D eigenvalue weighted by molar-refractivity contribution is 7.79. The van der Waals surface area contributed by atoms with Crippen molar-refractivity contribution >= 4 is 30.6 Å². The first-order chi connectivity index (χ1) is 32.7. The van der Waals surface area contributed by atoms with E-state index in [2.05, 4.69) is 0 Å². The van der Waals surface area contributed by atoms with Crippen LogP contribution in [0, 0.1) is 0 Å². The maximum absolute atomic E-state index is 11.4. The Morgan fingerprint density at radius 3 is 0.627 bits per heavy atom. The van der Waals surface area contributed by atoms with Crippen LogP contribution in [-0.4, -0.2) is 15.3 Å². The van der Waals surface area contributed by atoms with Gasteiger partial charge in [-0.05, 0) is 97.1 Å². The molecule has 15 nitrogen and oxygen atoms in total. The molecule has 1 unspecified atom stereocenters. The maximum atomic E-state index is 11.4. The van der Waals surface area contributed by atoms with Gasteiger partial charge in [0.2, 0.25) is 0 Å². The fourth-order valence-electron chi connectivity index (χ4n) is 6.09. The fraction of sp³-hybridized carbons (Fsp3) is 0. The number of nitrogens with zero attached hydrogens (tertiary/aromatic N) is 4. The molecule has 1 aliphatic rings. The van der Waals surface area contributed by atoms with Gasteiger partial charge in [0, 0.05) is 0 Å². The van der Waals surface area contributed by atoms with Crippen molar-refractivity contribution in [3.05, 3.63) is 224 Å². The molecule has 8 aromatic carbocycles. The van der Waals surface area contributed by atoms with Gasteiger partial charge in [0.15, 0.2) is 34.5 Å². The summed E-state index contributed by atoms with van der Waals surface area (Å²) in [4.78, 5) is 0. The minimum atomic E-state index is -4.82. The highest BCUT2D eigenvalue weighted by Crippen LogP contribution is 2.79. The number of aromatic hydroxyl groups is 3. The van der Waals surface area contributed by atoms with Crippen LogP contribution < -0.4 is 36.2 Å². The summed E-state index contributed by atoms with van der Waals surface area (Å²) < 4.78 is 76.8. The number of rotatable bonds is 16. The van der Waals surface area contributed by atoms with Crippen LogP contribution in [0.4, 0.5) is 0 Å². The first-order valence-corrected chi connectivity index (χ1v) is 26.5. The van der Waals surface area contributed by atoms with Crippen molar-refractivity contribution in [2.75, 3.05) is 0 Å². The van der Waals surface area contributed by atoms with Gasteiger partial charge in [-0.1, -0.05) is 145 Å². The molecule has 0 fully saturated rings. The lowest BCUT2D eigenvalue weighted by Gasteiger charge is -2.33. The number of benzene rings is 8. The Labute approximate surface area is 386 Å². The number of para-hydroxylation sites is 11. The van der Waals surface area contributed by atoms with E-state index in [1.165, 1.54) is 36.4 Å². The van der Waals surface area contributed by atoms with E-state index in [9.17, 15) is 15.3 Å². The van der Waals surface area contributed by atoms with Crippen molar-refractivity contribution in [1.82, 2.24) is 0 Å². The van der Waals surface area contributed by atoms with Crippen LogP contribution in [0.1, 0.15) is 0 Å². The Morgan fingerprint density at radius 2 is 0.403 bits per heavy atom. The monoisotopic (exact) mass is 972 g/mol. The fourth-order valence-corrected chi connectivity index (χ4v) is 18.2. The van der Waals surface area contributed by atoms with Gasteiger partial charge in [0.1, 0.15) is 28.7 Å². The zero-order valence-corrected chi connectivity index (χ0v) is 38.6. The van der Waals surface area contributed by atoms with Crippen molar-refractivity contribution < 1.29 is 51.5 Å². The molecule has 0 amide bonds. The van der Waals surface area contributed by atoms with Gasteiger partial charge in [-0.25, -0.2) is 0 Å². The lowest BCUT2D eigenvalue weighted by Crippen LogP contribution is -2.11. The van der Waals surface area contributed by atoms with Crippen molar-refractivity contribution in [3.8, 4) is 63.2 Å². The van der Waals surface area contributed by atoms with Gasteiger partial charge in [-0.2, -0.15) is 0 Å². The zero-order valence-electron chi connectivity index (χ0n) is 35.0. The second-order valence-electron chi connectivity index (χ2n) is 14.0. The summed E-state index contributed by atoms with van der Waals surface area (Å²) in [7, 11) is -18.7. The average molecular weight is 973 g/mol. The molecular formula is C48H40N4O11P4. The molecule has 0 aromatic heterocycles. The van der Waals surface area contributed by atoms with Gasteiger partial charge >= 0.3 is 30.6 Å². The molecule has 3 N–H and O–H groups in total. The van der Waals surface area contributed by atoms with Crippen LogP contribution in [0.3, 0.4) is 0 Å². The highest BCUT2D eigenvalue weighted by Gasteiger charge is 2.50. The van der Waals surface area contributed by atoms with Gasteiger partial charge in [-0.3, -0.25) is 0 Å². The Hall–Kier alpha value is -7.52. The van der Waals surface area contributed by atoms with Crippen molar-refractivity contribution in [2.45, 2.75) is 0 Å². The molecule has 0 spiro atoms. The molecule has 1 atom stereocenters. The maximum Gasteiger partial charge on any atom is 0.461 e. The van der Waals surface area contributed by atoms with E-state index in [4.69, 9.17) is 54.3 Å². The largest absolute Gasteiger partial charge is 0.504 e. The van der Waals surface area contributed by atoms with Crippen LogP contribution in [0.15, 0.2) is 243 Å². The van der Waals surface area contributed by atoms with Gasteiger partial charge in [0.05, 0.1) is 0 Å². The van der Waals surface area contributed by atoms with E-state index in [1.807, 2.05) is 12.1 Å². The topological polar surface area (TPSA) is 184 Å². The molecule has 0 radical (unpaired) electrons. The normalized spacial score (nSPS) is 16.5. The molecule has 19 heteroatoms. The van der Waals surface area contributed by atoms with Crippen LogP contribution >= 0.6 is 30.6 Å². The quantitative estimate of drug-likeness (QED) is 0.0783. The standard InChI is InChI=1S/C48H40N4O11P4/c53-43-32-16-19-35-46(43)61-66(60-42-30-14-5-15-31-42)50-64(56-38-22-6-1-7-23-38,57-39-24-8-2-9-25-39)49-65(58-40-26-10-3-11-27-40,59-41-28-12-4-13-29-41)51-67(52-66,62-47-36-20-17-33-44(47)54)63-48-37-21-18-34-45(48)55/h1-37,53-55H. The third-order valence-electron chi connectivity index (χ3n) is 8.99. The second kappa shape index (κ2) is 19.9. The van der Waals surface area contributed by atoms with Crippen molar-refractivity contribution in [3.63, 3.8) is 0 Å². The molecule has 8 aromatic rings. The molecule has 67 heavy (non-hydrogen) atoms. The average Bonchev–Trinajstić information content (AvgIpc) is 3.32. The van der Waals surface area contributed by atoms with E-state index in [0.29, 0.717) is 0 Å². The van der Waals surface area contributed by atoms with Crippen LogP contribution in [0.25, 0.3) is 0 Å². The molecular weight excluding hydrogens is 932 g/mol. The molecule has 0 bridgehead atoms. The third-order valence-corrected chi connectivity index (χ3v) is 19.8. The summed E-state index contributed by atoms with van der Waals surface area (Å²) >= 11 is 0. The molecule has 338 valence electrons. The summed E-state index contributed by atoms with van der Waals surface area (Å²) in [5.41, 5.74) is 0. The molecule has 0 aliphatic carbocycles. The van der Waals surface area contributed by atoms with E-state index in [0.717, 1.165) is 0 Å². The molecule has 0 saturated heterocycles. The summed E-state index contributed by atoms with van der Waals surface area (Å²) in [5.74, 6) is -0.326. The lowest BCUT2D eigenvalue weighted by molar-refractivity contribution is 0.401. The predicted octanol–water partition coefficient (Wildman–Crippen LogP) is 15.5. The Balaban J connectivity index is 1.50. The number of phenols is 3. The van der Waals surface area contributed by atoms with Gasteiger partial charge < -0.3 is 51.5 Å². The first-order valence-electron chi connectivity index (χ1n) is 20.4. The summed E-state index contributed by atoms with van der Waals surface area (Å²) in [6.45, 7) is 0. The summed E-state index contributed by atoms with van der Waals surface area (Å²) in [5, 5.41) is 34.3.